The van der Waals surface area contributed by atoms with Crippen molar-refractivity contribution < 1.29 is 9.18 Å². The molecule has 1 amide bonds. The van der Waals surface area contributed by atoms with Gasteiger partial charge in [-0.1, -0.05) is 42.5 Å². The van der Waals surface area contributed by atoms with Crippen LogP contribution in [0.2, 0.25) is 0 Å². The van der Waals surface area contributed by atoms with E-state index >= 15 is 0 Å². The third kappa shape index (κ3) is 4.17. The van der Waals surface area contributed by atoms with Gasteiger partial charge in [0.1, 0.15) is 11.9 Å². The molecule has 0 radical (unpaired) electrons. The second kappa shape index (κ2) is 6.92. The van der Waals surface area contributed by atoms with Crippen LogP contribution in [-0.2, 0) is 4.79 Å². The summed E-state index contributed by atoms with van der Waals surface area (Å²) in [4.78, 5) is 12.6. The van der Waals surface area contributed by atoms with Crippen molar-refractivity contribution in [3.63, 3.8) is 0 Å². The van der Waals surface area contributed by atoms with E-state index < -0.39 is 6.04 Å². The summed E-state index contributed by atoms with van der Waals surface area (Å²) >= 11 is 0. The summed E-state index contributed by atoms with van der Waals surface area (Å²) in [7, 11) is 0. The second-order valence-corrected chi connectivity index (χ2v) is 6.07. The molecule has 1 fully saturated rings. The van der Waals surface area contributed by atoms with Gasteiger partial charge < -0.3 is 5.32 Å². The normalized spacial score (nSPS) is 16.6. The first-order chi connectivity index (χ1) is 11.1. The average molecular weight is 312 g/mol. The van der Waals surface area contributed by atoms with Crippen molar-refractivity contribution in [2.24, 2.45) is 0 Å². The van der Waals surface area contributed by atoms with Gasteiger partial charge in [-0.05, 0) is 43.0 Å². The number of benzene rings is 2. The molecule has 0 spiro atoms. The van der Waals surface area contributed by atoms with Crippen molar-refractivity contribution in [1.82, 2.24) is 10.6 Å². The van der Waals surface area contributed by atoms with Gasteiger partial charge in [0.15, 0.2) is 0 Å². The molecule has 23 heavy (non-hydrogen) atoms. The molecule has 2 aromatic carbocycles. The molecule has 1 saturated carbocycles. The summed E-state index contributed by atoms with van der Waals surface area (Å²) in [6.45, 7) is 1.98. The summed E-state index contributed by atoms with van der Waals surface area (Å²) in [5.41, 5.74) is 1.88. The lowest BCUT2D eigenvalue weighted by Gasteiger charge is -2.23. The Balaban J connectivity index is 1.77. The van der Waals surface area contributed by atoms with Gasteiger partial charge in [0.05, 0.1) is 0 Å². The molecule has 0 saturated heterocycles. The Morgan fingerprint density at radius 1 is 1.04 bits per heavy atom. The van der Waals surface area contributed by atoms with Gasteiger partial charge in [0.2, 0.25) is 5.91 Å². The Morgan fingerprint density at radius 3 is 2.30 bits per heavy atom. The highest BCUT2D eigenvalue weighted by atomic mass is 19.1. The zero-order chi connectivity index (χ0) is 16.2. The molecular formula is C19H21FN2O. The van der Waals surface area contributed by atoms with E-state index in [4.69, 9.17) is 0 Å². The van der Waals surface area contributed by atoms with Gasteiger partial charge in [-0.2, -0.15) is 0 Å². The third-order valence-electron chi connectivity index (χ3n) is 4.11. The van der Waals surface area contributed by atoms with Gasteiger partial charge >= 0.3 is 0 Å². The predicted octanol–water partition coefficient (Wildman–Crippen LogP) is 3.50. The van der Waals surface area contributed by atoms with Crippen LogP contribution in [0.3, 0.4) is 0 Å². The summed E-state index contributed by atoms with van der Waals surface area (Å²) in [5, 5.41) is 6.42. The molecule has 4 heteroatoms. The SMILES string of the molecule is C[C@@H](N[C@H](C(=O)NC1CC1)c1ccccc1)c1ccc(F)cc1. The van der Waals surface area contributed by atoms with Crippen LogP contribution < -0.4 is 10.6 Å². The smallest absolute Gasteiger partial charge is 0.241 e. The van der Waals surface area contributed by atoms with Crippen molar-refractivity contribution in [3.05, 3.63) is 71.5 Å². The lowest BCUT2D eigenvalue weighted by molar-refractivity contribution is -0.123. The van der Waals surface area contributed by atoms with E-state index in [0.717, 1.165) is 24.0 Å². The summed E-state index contributed by atoms with van der Waals surface area (Å²) < 4.78 is 13.1. The molecule has 0 bridgehead atoms. The van der Waals surface area contributed by atoms with E-state index in [1.807, 2.05) is 37.3 Å². The van der Waals surface area contributed by atoms with E-state index in [1.54, 1.807) is 12.1 Å². The molecule has 3 rings (SSSR count). The largest absolute Gasteiger partial charge is 0.352 e. The molecule has 2 atom stereocenters. The topological polar surface area (TPSA) is 41.1 Å². The van der Waals surface area contributed by atoms with E-state index in [2.05, 4.69) is 10.6 Å². The van der Waals surface area contributed by atoms with Crippen LogP contribution in [0, 0.1) is 5.82 Å². The number of hydrogen-bond donors (Lipinski definition) is 2. The number of rotatable bonds is 6. The lowest BCUT2D eigenvalue weighted by atomic mass is 10.0. The zero-order valence-corrected chi connectivity index (χ0v) is 13.1. The molecule has 3 nitrogen and oxygen atoms in total. The number of carbonyl (C=O) groups is 1. The van der Waals surface area contributed by atoms with Gasteiger partial charge in [0, 0.05) is 12.1 Å². The highest BCUT2D eigenvalue weighted by Crippen LogP contribution is 2.23. The van der Waals surface area contributed by atoms with Gasteiger partial charge in [-0.3, -0.25) is 10.1 Å². The van der Waals surface area contributed by atoms with Crippen molar-refractivity contribution in [3.8, 4) is 0 Å². The minimum absolute atomic E-state index is 0.00679. The Morgan fingerprint density at radius 2 is 1.70 bits per heavy atom. The zero-order valence-electron chi connectivity index (χ0n) is 13.1. The molecular weight excluding hydrogens is 291 g/mol. The monoisotopic (exact) mass is 312 g/mol. The van der Waals surface area contributed by atoms with Crippen molar-refractivity contribution in [2.45, 2.75) is 37.9 Å². The number of amides is 1. The van der Waals surface area contributed by atoms with Crippen LogP contribution in [0.1, 0.15) is 43.0 Å². The molecule has 0 heterocycles. The Kier molecular flexibility index (Phi) is 4.72. The molecule has 0 aromatic heterocycles. The van der Waals surface area contributed by atoms with E-state index in [-0.39, 0.29) is 17.8 Å². The van der Waals surface area contributed by atoms with E-state index in [1.165, 1.54) is 12.1 Å². The molecule has 2 N–H and O–H groups in total. The van der Waals surface area contributed by atoms with Crippen LogP contribution in [0.4, 0.5) is 4.39 Å². The minimum atomic E-state index is -0.420. The summed E-state index contributed by atoms with van der Waals surface area (Å²) in [5.74, 6) is -0.264. The fourth-order valence-electron chi connectivity index (χ4n) is 2.58. The first kappa shape index (κ1) is 15.7. The fourth-order valence-corrected chi connectivity index (χ4v) is 2.58. The maximum atomic E-state index is 13.1. The van der Waals surface area contributed by atoms with Crippen LogP contribution in [0.5, 0.6) is 0 Å². The standard InChI is InChI=1S/C19H21FN2O/c1-13(14-7-9-16(20)10-8-14)21-18(15-5-3-2-4-6-15)19(23)22-17-11-12-17/h2-10,13,17-18,21H,11-12H2,1H3,(H,22,23)/t13-,18+/m1/s1. The van der Waals surface area contributed by atoms with E-state index in [9.17, 15) is 9.18 Å². The Labute approximate surface area is 135 Å². The van der Waals surface area contributed by atoms with Crippen LogP contribution in [0.15, 0.2) is 54.6 Å². The number of nitrogens with one attached hydrogen (secondary N) is 2. The highest BCUT2D eigenvalue weighted by Gasteiger charge is 2.29. The summed E-state index contributed by atoms with van der Waals surface area (Å²) in [6, 6.07) is 15.9. The van der Waals surface area contributed by atoms with Crippen molar-refractivity contribution in [2.75, 3.05) is 0 Å². The van der Waals surface area contributed by atoms with E-state index in [0.29, 0.717) is 6.04 Å². The Bertz CT molecular complexity index is 653. The second-order valence-electron chi connectivity index (χ2n) is 6.07. The quantitative estimate of drug-likeness (QED) is 0.857. The third-order valence-corrected chi connectivity index (χ3v) is 4.11. The van der Waals surface area contributed by atoms with Crippen LogP contribution >= 0.6 is 0 Å². The van der Waals surface area contributed by atoms with Gasteiger partial charge in [-0.15, -0.1) is 0 Å². The molecule has 1 aliphatic carbocycles. The van der Waals surface area contributed by atoms with Crippen LogP contribution in [-0.4, -0.2) is 11.9 Å². The van der Waals surface area contributed by atoms with Gasteiger partial charge in [-0.25, -0.2) is 4.39 Å². The average Bonchev–Trinajstić information content (AvgIpc) is 3.37. The number of carbonyl (C=O) groups excluding carboxylic acids is 1. The molecule has 1 aliphatic rings. The fraction of sp³-hybridized carbons (Fsp3) is 0.316. The Hall–Kier alpha value is -2.20. The number of hydrogen-bond acceptors (Lipinski definition) is 2. The van der Waals surface area contributed by atoms with Crippen LogP contribution in [0.25, 0.3) is 0 Å². The maximum Gasteiger partial charge on any atom is 0.241 e. The maximum absolute atomic E-state index is 13.1. The van der Waals surface area contributed by atoms with Crippen molar-refractivity contribution >= 4 is 5.91 Å². The van der Waals surface area contributed by atoms with Gasteiger partial charge in [0.25, 0.3) is 0 Å². The molecule has 0 aliphatic heterocycles. The highest BCUT2D eigenvalue weighted by molar-refractivity contribution is 5.83. The minimum Gasteiger partial charge on any atom is -0.352 e. The molecule has 120 valence electrons. The summed E-state index contributed by atoms with van der Waals surface area (Å²) in [6.07, 6.45) is 2.11. The first-order valence-electron chi connectivity index (χ1n) is 8.00. The molecule has 0 unspecified atom stereocenters. The lowest BCUT2D eigenvalue weighted by Crippen LogP contribution is -2.39. The number of halogens is 1. The first-order valence-corrected chi connectivity index (χ1v) is 8.00. The van der Waals surface area contributed by atoms with Crippen molar-refractivity contribution in [1.29, 1.82) is 0 Å². The molecule has 2 aromatic rings. The predicted molar refractivity (Wildman–Crippen MR) is 88.3 cm³/mol.